The molecule has 0 bridgehead atoms. The maximum absolute atomic E-state index is 12.9. The quantitative estimate of drug-likeness (QED) is 0.644. The molecule has 182 valence electrons. The van der Waals surface area contributed by atoms with Crippen molar-refractivity contribution in [1.29, 1.82) is 0 Å². The van der Waals surface area contributed by atoms with Gasteiger partial charge in [-0.05, 0) is 51.0 Å². The number of carbonyl (C=O) groups is 1. The van der Waals surface area contributed by atoms with E-state index >= 15 is 0 Å². The minimum atomic E-state index is -3.32. The van der Waals surface area contributed by atoms with Crippen molar-refractivity contribution >= 4 is 27.6 Å². The van der Waals surface area contributed by atoms with Gasteiger partial charge in [-0.1, -0.05) is 0 Å². The molecule has 2 N–H and O–H groups in total. The van der Waals surface area contributed by atoms with Crippen molar-refractivity contribution in [1.82, 2.24) is 19.6 Å². The molecule has 0 spiro atoms. The van der Waals surface area contributed by atoms with Crippen molar-refractivity contribution in [3.8, 4) is 11.4 Å². The third-order valence-electron chi connectivity index (χ3n) is 6.42. The molecule has 1 aromatic heterocycles. The number of rotatable bonds is 6. The molecule has 2 aliphatic heterocycles. The van der Waals surface area contributed by atoms with Gasteiger partial charge in [0, 0.05) is 36.4 Å². The monoisotopic (exact) mass is 486 g/mol. The van der Waals surface area contributed by atoms with E-state index in [2.05, 4.69) is 22.5 Å². The van der Waals surface area contributed by atoms with Gasteiger partial charge in [-0.15, -0.1) is 0 Å². The van der Waals surface area contributed by atoms with Crippen LogP contribution in [0, 0.1) is 0 Å². The second-order valence-corrected chi connectivity index (χ2v) is 11.2. The zero-order chi connectivity index (χ0) is 23.9. The van der Waals surface area contributed by atoms with Crippen molar-refractivity contribution in [3.63, 3.8) is 0 Å². The Morgan fingerprint density at radius 1 is 1.18 bits per heavy atom. The van der Waals surface area contributed by atoms with Gasteiger partial charge in [0.25, 0.3) is 0 Å². The first kappa shape index (κ1) is 23.0. The predicted octanol–water partition coefficient (Wildman–Crippen LogP) is 2.32. The van der Waals surface area contributed by atoms with Crippen LogP contribution in [0.5, 0.6) is 0 Å². The first-order valence-electron chi connectivity index (χ1n) is 11.7. The van der Waals surface area contributed by atoms with E-state index in [1.54, 1.807) is 4.31 Å². The van der Waals surface area contributed by atoms with Crippen LogP contribution in [0.3, 0.4) is 0 Å². The lowest BCUT2D eigenvalue weighted by Gasteiger charge is -2.35. The minimum Gasteiger partial charge on any atom is -0.377 e. The highest BCUT2D eigenvalue weighted by Gasteiger charge is 2.43. The van der Waals surface area contributed by atoms with Crippen LogP contribution >= 0.6 is 0 Å². The average Bonchev–Trinajstić information content (AvgIpc) is 3.59. The summed E-state index contributed by atoms with van der Waals surface area (Å²) >= 11 is 0. The van der Waals surface area contributed by atoms with Crippen LogP contribution in [0.2, 0.25) is 0 Å². The van der Waals surface area contributed by atoms with E-state index in [-0.39, 0.29) is 23.9 Å². The number of hydrogen-bond donors (Lipinski definition) is 2. The van der Waals surface area contributed by atoms with Gasteiger partial charge in [0.1, 0.15) is 5.82 Å². The number of urea groups is 1. The van der Waals surface area contributed by atoms with Gasteiger partial charge in [-0.3, -0.25) is 0 Å². The number of hydrogen-bond acceptors (Lipinski definition) is 7. The topological polar surface area (TPSA) is 117 Å². The van der Waals surface area contributed by atoms with E-state index in [1.165, 1.54) is 0 Å². The number of morpholine rings is 1. The van der Waals surface area contributed by atoms with Gasteiger partial charge in [0.15, 0.2) is 5.82 Å². The van der Waals surface area contributed by atoms with Crippen LogP contribution in [-0.2, 0) is 27.8 Å². The number of sulfonamides is 1. The van der Waals surface area contributed by atoms with Crippen molar-refractivity contribution in [2.75, 3.05) is 36.5 Å². The summed E-state index contributed by atoms with van der Waals surface area (Å²) < 4.78 is 33.1. The van der Waals surface area contributed by atoms with Crippen molar-refractivity contribution in [3.05, 3.63) is 35.5 Å². The lowest BCUT2D eigenvalue weighted by molar-refractivity contribution is 0.0984. The molecule has 2 fully saturated rings. The normalized spacial score (nSPS) is 20.8. The first-order chi connectivity index (χ1) is 16.4. The number of benzene rings is 1. The minimum absolute atomic E-state index is 0.123. The Balaban J connectivity index is 1.48. The average molecular weight is 487 g/mol. The summed E-state index contributed by atoms with van der Waals surface area (Å²) in [7, 11) is -3.32. The second-order valence-electron chi connectivity index (χ2n) is 8.99. The number of amides is 2. The van der Waals surface area contributed by atoms with Crippen LogP contribution in [0.25, 0.3) is 11.4 Å². The lowest BCUT2D eigenvalue weighted by atomic mass is 10.1. The Hall–Kier alpha value is -2.76. The Morgan fingerprint density at radius 2 is 1.94 bits per heavy atom. The fourth-order valence-electron chi connectivity index (χ4n) is 4.41. The molecule has 2 amide bonds. The van der Waals surface area contributed by atoms with Gasteiger partial charge in [-0.25, -0.2) is 23.2 Å². The first-order valence-corrected chi connectivity index (χ1v) is 13.3. The molecular weight excluding hydrogens is 456 g/mol. The molecule has 1 saturated carbocycles. The van der Waals surface area contributed by atoms with Gasteiger partial charge in [0.05, 0.1) is 36.7 Å². The molecule has 1 aliphatic carbocycles. The molecule has 1 atom stereocenters. The van der Waals surface area contributed by atoms with Gasteiger partial charge < -0.3 is 20.3 Å². The number of ether oxygens (including phenoxy) is 1. The van der Waals surface area contributed by atoms with Crippen molar-refractivity contribution in [2.45, 2.75) is 51.1 Å². The van der Waals surface area contributed by atoms with E-state index in [4.69, 9.17) is 14.7 Å². The summed E-state index contributed by atoms with van der Waals surface area (Å²) in [5.74, 6) is 1.33. The smallest absolute Gasteiger partial charge is 0.319 e. The van der Waals surface area contributed by atoms with Crippen LogP contribution in [0.1, 0.15) is 37.9 Å². The van der Waals surface area contributed by atoms with Crippen LogP contribution in [0.4, 0.5) is 16.3 Å². The maximum Gasteiger partial charge on any atom is 0.319 e. The molecule has 0 radical (unpaired) electrons. The van der Waals surface area contributed by atoms with Crippen LogP contribution in [-0.4, -0.2) is 66.3 Å². The van der Waals surface area contributed by atoms with Gasteiger partial charge in [-0.2, -0.15) is 4.31 Å². The third kappa shape index (κ3) is 4.47. The number of anilines is 2. The van der Waals surface area contributed by atoms with E-state index in [9.17, 15) is 13.2 Å². The highest BCUT2D eigenvalue weighted by molar-refractivity contribution is 7.90. The summed E-state index contributed by atoms with van der Waals surface area (Å²) in [6.45, 7) is 6.95. The summed E-state index contributed by atoms with van der Waals surface area (Å²) in [4.78, 5) is 23.7. The van der Waals surface area contributed by atoms with Gasteiger partial charge >= 0.3 is 6.03 Å². The number of fused-ring (bicyclic) bond motifs is 1. The third-order valence-corrected chi connectivity index (χ3v) is 8.71. The molecule has 1 saturated heterocycles. The molecule has 3 aliphatic rings. The highest BCUT2D eigenvalue weighted by Crippen LogP contribution is 2.39. The van der Waals surface area contributed by atoms with E-state index in [1.807, 2.05) is 31.2 Å². The molecule has 5 rings (SSSR count). The fourth-order valence-corrected chi connectivity index (χ4v) is 6.18. The number of aromatic nitrogens is 2. The molecule has 3 heterocycles. The molecule has 1 unspecified atom stereocenters. The van der Waals surface area contributed by atoms with E-state index in [0.29, 0.717) is 44.4 Å². The molecule has 2 aromatic rings. The SMILES string of the molecule is CCNC(=O)Nc1ccc(-c2nc3c(c(N4CCOCC4C)n2)CN(S(=O)(=O)C2CC2)C3)cc1. The summed E-state index contributed by atoms with van der Waals surface area (Å²) in [6.07, 6.45) is 1.46. The van der Waals surface area contributed by atoms with Crippen molar-refractivity contribution in [2.24, 2.45) is 0 Å². The Morgan fingerprint density at radius 3 is 2.62 bits per heavy atom. The van der Waals surface area contributed by atoms with Crippen LogP contribution < -0.4 is 15.5 Å². The van der Waals surface area contributed by atoms with Gasteiger partial charge in [0.2, 0.25) is 10.0 Å². The number of nitrogens with zero attached hydrogens (tertiary/aromatic N) is 4. The lowest BCUT2D eigenvalue weighted by Crippen LogP contribution is -2.44. The summed E-state index contributed by atoms with van der Waals surface area (Å²) in [5, 5.41) is 5.23. The largest absolute Gasteiger partial charge is 0.377 e. The molecule has 10 nitrogen and oxygen atoms in total. The maximum atomic E-state index is 12.9. The molecular formula is C23H30N6O4S. The standard InChI is InChI=1S/C23H30N6O4S/c1-3-24-23(30)25-17-6-4-16(5-7-17)21-26-20-13-28(34(31,32)18-8-9-18)12-19(20)22(27-21)29-10-11-33-14-15(29)2/h4-7,15,18H,3,8-14H2,1-2H3,(H2,24,25,30). The zero-order valence-electron chi connectivity index (χ0n) is 19.5. The molecule has 11 heteroatoms. The Kier molecular flexibility index (Phi) is 6.17. The molecule has 34 heavy (non-hydrogen) atoms. The van der Waals surface area contributed by atoms with Crippen molar-refractivity contribution < 1.29 is 17.9 Å². The highest BCUT2D eigenvalue weighted by atomic mass is 32.2. The molecule has 1 aromatic carbocycles. The summed E-state index contributed by atoms with van der Waals surface area (Å²) in [6, 6.07) is 7.21. The zero-order valence-corrected chi connectivity index (χ0v) is 20.3. The van der Waals surface area contributed by atoms with Crippen LogP contribution in [0.15, 0.2) is 24.3 Å². The van der Waals surface area contributed by atoms with E-state index < -0.39 is 10.0 Å². The number of nitrogens with one attached hydrogen (secondary N) is 2. The Labute approximate surface area is 199 Å². The summed E-state index contributed by atoms with van der Waals surface area (Å²) in [5.41, 5.74) is 3.11. The fraction of sp³-hybridized carbons (Fsp3) is 0.522. The Bertz CT molecular complexity index is 1180. The number of carbonyl (C=O) groups excluding carboxylic acids is 1. The van der Waals surface area contributed by atoms with E-state index in [0.717, 1.165) is 35.5 Å². The predicted molar refractivity (Wildman–Crippen MR) is 129 cm³/mol. The second kappa shape index (κ2) is 9.12.